The minimum absolute atomic E-state index is 0.0511. The van der Waals surface area contributed by atoms with E-state index in [1.807, 2.05) is 18.2 Å². The van der Waals surface area contributed by atoms with Crippen molar-refractivity contribution in [1.29, 1.82) is 0 Å². The normalized spacial score (nSPS) is 15.8. The number of aryl methyl sites for hydroxylation is 1. The Hall–Kier alpha value is -1.35. The zero-order valence-electron chi connectivity index (χ0n) is 11.0. The summed E-state index contributed by atoms with van der Waals surface area (Å²) in [6.45, 7) is 2.53. The van der Waals surface area contributed by atoms with Gasteiger partial charge in [-0.05, 0) is 37.0 Å². The van der Waals surface area contributed by atoms with Crippen LogP contribution in [0, 0.1) is 0 Å². The monoisotopic (exact) mass is 246 g/mol. The number of anilines is 1. The standard InChI is InChI=1S/C15H22N2O/c1-2-12-6-5-9-14(10-12)17-15(18)11-16-13-7-3-4-8-13/h5-6,9-10,13,16H,2-4,7-8,11H2,1H3,(H,17,18). The topological polar surface area (TPSA) is 41.1 Å². The third-order valence-electron chi connectivity index (χ3n) is 3.53. The molecule has 2 N–H and O–H groups in total. The summed E-state index contributed by atoms with van der Waals surface area (Å²) in [4.78, 5) is 11.8. The fraction of sp³-hybridized carbons (Fsp3) is 0.533. The van der Waals surface area contributed by atoms with E-state index in [0.29, 0.717) is 12.6 Å². The lowest BCUT2D eigenvalue weighted by Crippen LogP contribution is -2.34. The average Bonchev–Trinajstić information content (AvgIpc) is 2.90. The van der Waals surface area contributed by atoms with Gasteiger partial charge in [-0.25, -0.2) is 0 Å². The van der Waals surface area contributed by atoms with Gasteiger partial charge >= 0.3 is 0 Å². The van der Waals surface area contributed by atoms with Gasteiger partial charge < -0.3 is 10.6 Å². The first-order valence-corrected chi connectivity index (χ1v) is 6.90. The molecule has 0 heterocycles. The van der Waals surface area contributed by atoms with E-state index in [9.17, 15) is 4.79 Å². The largest absolute Gasteiger partial charge is 0.325 e. The second-order valence-corrected chi connectivity index (χ2v) is 4.96. The molecule has 0 spiro atoms. The lowest BCUT2D eigenvalue weighted by Gasteiger charge is -2.12. The summed E-state index contributed by atoms with van der Waals surface area (Å²) < 4.78 is 0. The van der Waals surface area contributed by atoms with E-state index < -0.39 is 0 Å². The van der Waals surface area contributed by atoms with Crippen molar-refractivity contribution in [3.05, 3.63) is 29.8 Å². The predicted molar refractivity (Wildman–Crippen MR) is 74.7 cm³/mol. The van der Waals surface area contributed by atoms with E-state index in [2.05, 4.69) is 23.6 Å². The maximum atomic E-state index is 11.8. The summed E-state index contributed by atoms with van der Waals surface area (Å²) >= 11 is 0. The molecule has 0 radical (unpaired) electrons. The molecule has 0 unspecified atom stereocenters. The Kier molecular flexibility index (Phi) is 4.76. The van der Waals surface area contributed by atoms with E-state index in [-0.39, 0.29) is 5.91 Å². The molecule has 0 aliphatic heterocycles. The number of carbonyl (C=O) groups is 1. The second-order valence-electron chi connectivity index (χ2n) is 4.96. The van der Waals surface area contributed by atoms with E-state index in [1.54, 1.807) is 0 Å². The van der Waals surface area contributed by atoms with Crippen LogP contribution < -0.4 is 10.6 Å². The summed E-state index contributed by atoms with van der Waals surface area (Å²) in [5.41, 5.74) is 2.14. The van der Waals surface area contributed by atoms with Gasteiger partial charge in [-0.15, -0.1) is 0 Å². The Morgan fingerprint density at radius 2 is 2.11 bits per heavy atom. The molecule has 1 saturated carbocycles. The molecular formula is C15H22N2O. The molecule has 0 bridgehead atoms. The van der Waals surface area contributed by atoms with E-state index in [0.717, 1.165) is 12.1 Å². The molecule has 0 atom stereocenters. The lowest BCUT2D eigenvalue weighted by molar-refractivity contribution is -0.115. The van der Waals surface area contributed by atoms with E-state index >= 15 is 0 Å². The van der Waals surface area contributed by atoms with Crippen LogP contribution in [0.25, 0.3) is 0 Å². The van der Waals surface area contributed by atoms with Crippen molar-refractivity contribution < 1.29 is 4.79 Å². The molecule has 1 amide bonds. The molecule has 1 aromatic rings. The molecule has 3 heteroatoms. The van der Waals surface area contributed by atoms with Crippen LogP contribution in [-0.2, 0) is 11.2 Å². The second kappa shape index (κ2) is 6.55. The first kappa shape index (κ1) is 13.1. The Balaban J connectivity index is 1.78. The molecule has 98 valence electrons. The van der Waals surface area contributed by atoms with Crippen molar-refractivity contribution in [3.8, 4) is 0 Å². The van der Waals surface area contributed by atoms with Crippen molar-refractivity contribution in [2.24, 2.45) is 0 Å². The SMILES string of the molecule is CCc1cccc(NC(=O)CNC2CCCC2)c1. The van der Waals surface area contributed by atoms with Gasteiger partial charge in [0.25, 0.3) is 0 Å². The Morgan fingerprint density at radius 3 is 2.83 bits per heavy atom. The van der Waals surface area contributed by atoms with E-state index in [4.69, 9.17) is 0 Å². The van der Waals surface area contributed by atoms with Gasteiger partial charge in [-0.3, -0.25) is 4.79 Å². The van der Waals surface area contributed by atoms with Crippen molar-refractivity contribution in [1.82, 2.24) is 5.32 Å². The van der Waals surface area contributed by atoms with Crippen LogP contribution in [-0.4, -0.2) is 18.5 Å². The summed E-state index contributed by atoms with van der Waals surface area (Å²) in [5, 5.41) is 6.26. The van der Waals surface area contributed by atoms with Crippen LogP contribution in [0.4, 0.5) is 5.69 Å². The average molecular weight is 246 g/mol. The van der Waals surface area contributed by atoms with Gasteiger partial charge in [-0.2, -0.15) is 0 Å². The molecule has 0 saturated heterocycles. The van der Waals surface area contributed by atoms with Gasteiger partial charge in [-0.1, -0.05) is 31.9 Å². The molecule has 3 nitrogen and oxygen atoms in total. The number of amides is 1. The van der Waals surface area contributed by atoms with Crippen LogP contribution in [0.5, 0.6) is 0 Å². The van der Waals surface area contributed by atoms with Gasteiger partial charge in [0.15, 0.2) is 0 Å². The smallest absolute Gasteiger partial charge is 0.238 e. The molecule has 0 aromatic heterocycles. The third kappa shape index (κ3) is 3.84. The number of hydrogen-bond acceptors (Lipinski definition) is 2. The predicted octanol–water partition coefficient (Wildman–Crippen LogP) is 2.72. The molecule has 1 aliphatic carbocycles. The number of carbonyl (C=O) groups excluding carboxylic acids is 1. The number of hydrogen-bond donors (Lipinski definition) is 2. The highest BCUT2D eigenvalue weighted by atomic mass is 16.1. The van der Waals surface area contributed by atoms with Crippen molar-refractivity contribution in [2.45, 2.75) is 45.1 Å². The third-order valence-corrected chi connectivity index (χ3v) is 3.53. The number of benzene rings is 1. The van der Waals surface area contributed by atoms with E-state index in [1.165, 1.54) is 31.2 Å². The van der Waals surface area contributed by atoms with Crippen LogP contribution in [0.3, 0.4) is 0 Å². The maximum Gasteiger partial charge on any atom is 0.238 e. The van der Waals surface area contributed by atoms with Gasteiger partial charge in [0.2, 0.25) is 5.91 Å². The van der Waals surface area contributed by atoms with Gasteiger partial charge in [0, 0.05) is 11.7 Å². The molecular weight excluding hydrogens is 224 g/mol. The highest BCUT2D eigenvalue weighted by Gasteiger charge is 2.15. The van der Waals surface area contributed by atoms with Crippen molar-refractivity contribution >= 4 is 11.6 Å². The molecule has 18 heavy (non-hydrogen) atoms. The Bertz CT molecular complexity index is 397. The fourth-order valence-corrected chi connectivity index (χ4v) is 2.44. The summed E-state index contributed by atoms with van der Waals surface area (Å²) in [6, 6.07) is 8.57. The van der Waals surface area contributed by atoms with Crippen molar-refractivity contribution in [3.63, 3.8) is 0 Å². The van der Waals surface area contributed by atoms with Crippen LogP contribution >= 0.6 is 0 Å². The first-order valence-electron chi connectivity index (χ1n) is 6.90. The minimum atomic E-state index is 0.0511. The Labute approximate surface area is 109 Å². The lowest BCUT2D eigenvalue weighted by atomic mass is 10.1. The quantitative estimate of drug-likeness (QED) is 0.838. The molecule has 1 aliphatic rings. The van der Waals surface area contributed by atoms with Gasteiger partial charge in [0.05, 0.1) is 6.54 Å². The Morgan fingerprint density at radius 1 is 1.33 bits per heavy atom. The van der Waals surface area contributed by atoms with Crippen LogP contribution in [0.2, 0.25) is 0 Å². The summed E-state index contributed by atoms with van der Waals surface area (Å²) in [7, 11) is 0. The highest BCUT2D eigenvalue weighted by Crippen LogP contribution is 2.17. The van der Waals surface area contributed by atoms with Crippen molar-refractivity contribution in [2.75, 3.05) is 11.9 Å². The molecule has 1 fully saturated rings. The van der Waals surface area contributed by atoms with Gasteiger partial charge in [0.1, 0.15) is 0 Å². The fourth-order valence-electron chi connectivity index (χ4n) is 2.44. The highest BCUT2D eigenvalue weighted by molar-refractivity contribution is 5.92. The maximum absolute atomic E-state index is 11.8. The zero-order chi connectivity index (χ0) is 12.8. The molecule has 1 aromatic carbocycles. The minimum Gasteiger partial charge on any atom is -0.325 e. The number of rotatable bonds is 5. The summed E-state index contributed by atoms with van der Waals surface area (Å²) in [5.74, 6) is 0.0511. The van der Waals surface area contributed by atoms with Crippen LogP contribution in [0.1, 0.15) is 38.2 Å². The zero-order valence-corrected chi connectivity index (χ0v) is 11.0. The first-order chi connectivity index (χ1) is 8.78. The number of nitrogens with one attached hydrogen (secondary N) is 2. The van der Waals surface area contributed by atoms with Crippen LogP contribution in [0.15, 0.2) is 24.3 Å². The molecule has 2 rings (SSSR count). The summed E-state index contributed by atoms with van der Waals surface area (Å²) in [6.07, 6.45) is 5.98.